The first-order chi connectivity index (χ1) is 8.56. The summed E-state index contributed by atoms with van der Waals surface area (Å²) in [7, 11) is 1.81. The molecule has 3 aromatic rings. The molecule has 0 atom stereocenters. The van der Waals surface area contributed by atoms with Crippen LogP contribution in [0.3, 0.4) is 0 Å². The number of nitrogen functional groups attached to an aromatic ring is 1. The van der Waals surface area contributed by atoms with Gasteiger partial charge in [0.05, 0.1) is 10.7 Å². The van der Waals surface area contributed by atoms with Crippen molar-refractivity contribution in [1.29, 1.82) is 0 Å². The average molecular weight is 261 g/mol. The molecule has 2 heterocycles. The van der Waals surface area contributed by atoms with Crippen LogP contribution < -0.4 is 5.73 Å². The zero-order chi connectivity index (χ0) is 12.9. The highest BCUT2D eigenvalue weighted by molar-refractivity contribution is 6.38. The third-order valence-electron chi connectivity index (χ3n) is 3.06. The molecule has 0 aliphatic carbocycles. The van der Waals surface area contributed by atoms with Gasteiger partial charge in [0, 0.05) is 35.3 Å². The smallest absolute Gasteiger partial charge is 0.121 e. The molecule has 0 saturated heterocycles. The Hall–Kier alpha value is -1.94. The third-order valence-corrected chi connectivity index (χ3v) is 3.47. The molecule has 0 aliphatic rings. The Morgan fingerprint density at radius 1 is 1.33 bits per heavy atom. The minimum Gasteiger partial charge on any atom is -0.384 e. The van der Waals surface area contributed by atoms with Gasteiger partial charge in [-0.3, -0.25) is 4.68 Å². The van der Waals surface area contributed by atoms with Crippen LogP contribution >= 0.6 is 11.6 Å². The Morgan fingerprint density at radius 2 is 2.11 bits per heavy atom. The van der Waals surface area contributed by atoms with E-state index in [1.807, 2.05) is 38.2 Å². The van der Waals surface area contributed by atoms with E-state index in [1.165, 1.54) is 0 Å². The SMILES string of the molecule is Cc1cc2c(Cl)c(-c3cc(N)n(C)n3)ccc2[nH]1. The monoisotopic (exact) mass is 260 g/mol. The summed E-state index contributed by atoms with van der Waals surface area (Å²) >= 11 is 6.44. The average Bonchev–Trinajstić information content (AvgIpc) is 2.84. The van der Waals surface area contributed by atoms with Gasteiger partial charge >= 0.3 is 0 Å². The molecule has 0 amide bonds. The number of rotatable bonds is 1. The maximum absolute atomic E-state index is 6.44. The predicted octanol–water partition coefficient (Wildman–Crippen LogP) is 3.11. The van der Waals surface area contributed by atoms with Crippen molar-refractivity contribution in [3.63, 3.8) is 0 Å². The maximum Gasteiger partial charge on any atom is 0.121 e. The Kier molecular flexibility index (Phi) is 2.35. The summed E-state index contributed by atoms with van der Waals surface area (Å²) in [6.07, 6.45) is 0. The van der Waals surface area contributed by atoms with Crippen LogP contribution in [0, 0.1) is 6.92 Å². The molecule has 2 aromatic heterocycles. The molecule has 1 aromatic carbocycles. The molecular formula is C13H13ClN4. The van der Waals surface area contributed by atoms with Crippen molar-refractivity contribution in [2.24, 2.45) is 7.05 Å². The van der Waals surface area contributed by atoms with Crippen molar-refractivity contribution in [2.75, 3.05) is 5.73 Å². The van der Waals surface area contributed by atoms with E-state index in [2.05, 4.69) is 10.1 Å². The van der Waals surface area contributed by atoms with Crippen molar-refractivity contribution in [2.45, 2.75) is 6.92 Å². The van der Waals surface area contributed by atoms with E-state index in [0.717, 1.165) is 27.9 Å². The predicted molar refractivity (Wildman–Crippen MR) is 74.7 cm³/mol. The van der Waals surface area contributed by atoms with Crippen LogP contribution in [0.2, 0.25) is 5.02 Å². The number of fused-ring (bicyclic) bond motifs is 1. The minimum atomic E-state index is 0.617. The van der Waals surface area contributed by atoms with E-state index in [1.54, 1.807) is 4.68 Å². The summed E-state index contributed by atoms with van der Waals surface area (Å²) in [4.78, 5) is 3.26. The lowest BCUT2D eigenvalue weighted by molar-refractivity contribution is 0.782. The zero-order valence-electron chi connectivity index (χ0n) is 10.2. The fraction of sp³-hybridized carbons (Fsp3) is 0.154. The van der Waals surface area contributed by atoms with Crippen LogP contribution in [0.5, 0.6) is 0 Å². The number of hydrogen-bond donors (Lipinski definition) is 2. The van der Waals surface area contributed by atoms with Crippen molar-refractivity contribution in [3.05, 3.63) is 35.0 Å². The van der Waals surface area contributed by atoms with Crippen molar-refractivity contribution in [1.82, 2.24) is 14.8 Å². The van der Waals surface area contributed by atoms with Gasteiger partial charge in [-0.05, 0) is 25.1 Å². The number of hydrogen-bond acceptors (Lipinski definition) is 2. The maximum atomic E-state index is 6.44. The zero-order valence-corrected chi connectivity index (χ0v) is 10.9. The first-order valence-corrected chi connectivity index (χ1v) is 6.02. The Labute approximate surface area is 109 Å². The molecular weight excluding hydrogens is 248 g/mol. The van der Waals surface area contributed by atoms with Crippen molar-refractivity contribution < 1.29 is 0 Å². The number of benzene rings is 1. The number of aromatic amines is 1. The second kappa shape index (κ2) is 3.78. The van der Waals surface area contributed by atoms with Crippen LogP contribution in [0.4, 0.5) is 5.82 Å². The van der Waals surface area contributed by atoms with E-state index < -0.39 is 0 Å². The van der Waals surface area contributed by atoms with E-state index >= 15 is 0 Å². The third kappa shape index (κ3) is 1.57. The highest BCUT2D eigenvalue weighted by Crippen LogP contribution is 2.34. The Balaban J connectivity index is 2.26. The van der Waals surface area contributed by atoms with E-state index in [0.29, 0.717) is 10.8 Å². The normalized spacial score (nSPS) is 11.3. The molecule has 0 fully saturated rings. The number of aryl methyl sites for hydroxylation is 2. The summed E-state index contributed by atoms with van der Waals surface area (Å²) < 4.78 is 1.64. The van der Waals surface area contributed by atoms with Gasteiger partial charge in [0.1, 0.15) is 5.82 Å². The fourth-order valence-electron chi connectivity index (χ4n) is 2.12. The Bertz CT molecular complexity index is 719. The number of nitrogens with zero attached hydrogens (tertiary/aromatic N) is 2. The highest BCUT2D eigenvalue weighted by atomic mass is 35.5. The highest BCUT2D eigenvalue weighted by Gasteiger charge is 2.12. The molecule has 0 saturated carbocycles. The minimum absolute atomic E-state index is 0.617. The number of nitrogens with two attached hydrogens (primary N) is 1. The van der Waals surface area contributed by atoms with Crippen LogP contribution in [0.25, 0.3) is 22.2 Å². The molecule has 92 valence electrons. The van der Waals surface area contributed by atoms with E-state index in [4.69, 9.17) is 17.3 Å². The standard InChI is InChI=1S/C13H13ClN4/c1-7-5-9-10(16-7)4-3-8(13(9)14)11-6-12(15)18(2)17-11/h3-6,16H,15H2,1-2H3. The lowest BCUT2D eigenvalue weighted by atomic mass is 10.1. The van der Waals surface area contributed by atoms with E-state index in [9.17, 15) is 0 Å². The lowest BCUT2D eigenvalue weighted by Crippen LogP contribution is -1.96. The van der Waals surface area contributed by atoms with Gasteiger partial charge in [-0.2, -0.15) is 5.10 Å². The molecule has 5 heteroatoms. The quantitative estimate of drug-likeness (QED) is 0.706. The lowest BCUT2D eigenvalue weighted by Gasteiger charge is -2.01. The molecule has 18 heavy (non-hydrogen) atoms. The topological polar surface area (TPSA) is 59.6 Å². The van der Waals surface area contributed by atoms with Crippen LogP contribution in [0.1, 0.15) is 5.69 Å². The number of H-pyrrole nitrogens is 1. The molecule has 3 rings (SSSR count). The summed E-state index contributed by atoms with van der Waals surface area (Å²) in [6.45, 7) is 2.01. The fourth-order valence-corrected chi connectivity index (χ4v) is 2.44. The number of nitrogens with one attached hydrogen (secondary N) is 1. The molecule has 0 unspecified atom stereocenters. The largest absolute Gasteiger partial charge is 0.384 e. The molecule has 3 N–H and O–H groups in total. The molecule has 0 spiro atoms. The number of halogens is 1. The van der Waals surface area contributed by atoms with Gasteiger partial charge in [0.25, 0.3) is 0 Å². The Morgan fingerprint density at radius 3 is 2.78 bits per heavy atom. The summed E-state index contributed by atoms with van der Waals surface area (Å²) in [5, 5.41) is 6.07. The van der Waals surface area contributed by atoms with Crippen LogP contribution in [-0.4, -0.2) is 14.8 Å². The summed E-state index contributed by atoms with van der Waals surface area (Å²) in [6, 6.07) is 7.83. The van der Waals surface area contributed by atoms with Crippen molar-refractivity contribution in [3.8, 4) is 11.3 Å². The second-order valence-electron chi connectivity index (χ2n) is 4.42. The first kappa shape index (κ1) is 11.2. The molecule has 0 radical (unpaired) electrons. The molecule has 0 aliphatic heterocycles. The van der Waals surface area contributed by atoms with Gasteiger partial charge in [0.2, 0.25) is 0 Å². The van der Waals surface area contributed by atoms with Crippen molar-refractivity contribution >= 4 is 28.3 Å². The molecule has 0 bridgehead atoms. The van der Waals surface area contributed by atoms with Gasteiger partial charge in [-0.1, -0.05) is 11.6 Å². The van der Waals surface area contributed by atoms with Gasteiger partial charge in [-0.25, -0.2) is 0 Å². The van der Waals surface area contributed by atoms with Crippen LogP contribution in [-0.2, 0) is 7.05 Å². The first-order valence-electron chi connectivity index (χ1n) is 5.64. The number of aromatic nitrogens is 3. The van der Waals surface area contributed by atoms with Gasteiger partial charge < -0.3 is 10.7 Å². The van der Waals surface area contributed by atoms with Gasteiger partial charge in [-0.15, -0.1) is 0 Å². The summed E-state index contributed by atoms with van der Waals surface area (Å²) in [5.41, 5.74) is 9.61. The van der Waals surface area contributed by atoms with Crippen LogP contribution in [0.15, 0.2) is 24.3 Å². The van der Waals surface area contributed by atoms with Gasteiger partial charge in [0.15, 0.2) is 0 Å². The number of anilines is 1. The summed E-state index contributed by atoms with van der Waals surface area (Å²) in [5.74, 6) is 0.617. The van der Waals surface area contributed by atoms with E-state index in [-0.39, 0.29) is 0 Å². The second-order valence-corrected chi connectivity index (χ2v) is 4.80. The molecule has 4 nitrogen and oxygen atoms in total.